The Morgan fingerprint density at radius 2 is 1.63 bits per heavy atom. The highest BCUT2D eigenvalue weighted by Crippen LogP contribution is 2.33. The zero-order valence-electron chi connectivity index (χ0n) is 15.7. The van der Waals surface area contributed by atoms with Crippen molar-refractivity contribution in [2.75, 3.05) is 5.32 Å². The van der Waals surface area contributed by atoms with Crippen LogP contribution in [0.2, 0.25) is 0 Å². The number of para-hydroxylation sites is 1. The Balaban J connectivity index is 1.71. The number of carbonyl (C=O) groups is 1. The van der Waals surface area contributed by atoms with Crippen LogP contribution < -0.4 is 10.1 Å². The van der Waals surface area contributed by atoms with Crippen LogP contribution in [0.4, 0.5) is 5.69 Å². The molecular weight excluding hydrogens is 354 g/mol. The van der Waals surface area contributed by atoms with Crippen LogP contribution in [-0.4, -0.2) is 12.0 Å². The summed E-state index contributed by atoms with van der Waals surface area (Å²) in [4.78, 5) is 14.8. The van der Waals surface area contributed by atoms with E-state index >= 15 is 0 Å². The summed E-state index contributed by atoms with van der Waals surface area (Å²) in [7, 11) is 0. The lowest BCUT2D eigenvalue weighted by Gasteiger charge is -2.18. The highest BCUT2D eigenvalue weighted by molar-refractivity contribution is 7.99. The van der Waals surface area contributed by atoms with Crippen molar-refractivity contribution in [3.63, 3.8) is 0 Å². The van der Waals surface area contributed by atoms with Gasteiger partial charge in [-0.25, -0.2) is 0 Å². The van der Waals surface area contributed by atoms with Crippen molar-refractivity contribution in [2.24, 2.45) is 0 Å². The highest BCUT2D eigenvalue weighted by atomic mass is 32.2. The molecule has 0 aliphatic carbocycles. The Hall–Kier alpha value is -2.72. The smallest absolute Gasteiger partial charge is 0.265 e. The number of carbonyl (C=O) groups excluding carboxylic acids is 1. The summed E-state index contributed by atoms with van der Waals surface area (Å²) in [6, 6.07) is 23.8. The molecule has 0 spiro atoms. The number of aryl methyl sites for hydroxylation is 1. The van der Waals surface area contributed by atoms with Gasteiger partial charge in [0, 0.05) is 9.79 Å². The number of hydrogen-bond donors (Lipinski definition) is 1. The molecule has 0 saturated heterocycles. The first kappa shape index (κ1) is 19.1. The molecule has 0 heterocycles. The molecular formula is C23H23NO2S. The second-order valence-corrected chi connectivity index (χ2v) is 7.47. The lowest BCUT2D eigenvalue weighted by molar-refractivity contribution is -0.122. The Kier molecular flexibility index (Phi) is 6.20. The van der Waals surface area contributed by atoms with E-state index in [1.165, 1.54) is 0 Å². The second kappa shape index (κ2) is 8.78. The Morgan fingerprint density at radius 3 is 2.41 bits per heavy atom. The summed E-state index contributed by atoms with van der Waals surface area (Å²) in [5, 5.41) is 3.00. The van der Waals surface area contributed by atoms with Crippen molar-refractivity contribution in [3.05, 3.63) is 83.9 Å². The third kappa shape index (κ3) is 4.92. The van der Waals surface area contributed by atoms with Crippen molar-refractivity contribution >= 4 is 23.4 Å². The number of benzene rings is 3. The van der Waals surface area contributed by atoms with Gasteiger partial charge in [-0.3, -0.25) is 4.79 Å². The molecule has 3 rings (SSSR count). The van der Waals surface area contributed by atoms with E-state index in [0.717, 1.165) is 32.4 Å². The van der Waals surface area contributed by atoms with Crippen molar-refractivity contribution in [3.8, 4) is 5.75 Å². The Morgan fingerprint density at radius 1 is 0.926 bits per heavy atom. The molecule has 0 saturated carbocycles. The maximum Gasteiger partial charge on any atom is 0.265 e. The van der Waals surface area contributed by atoms with Crippen molar-refractivity contribution in [1.29, 1.82) is 0 Å². The molecule has 1 N–H and O–H groups in total. The van der Waals surface area contributed by atoms with Crippen LogP contribution in [0.25, 0.3) is 0 Å². The van der Waals surface area contributed by atoms with Crippen LogP contribution in [0.15, 0.2) is 82.6 Å². The average molecular weight is 378 g/mol. The number of amides is 1. The molecule has 1 atom stereocenters. The standard InChI is InChI=1S/C23H23NO2S/c1-16-10-9-14-21(17(16)2)26-18(3)23(25)24-20-13-7-8-15-22(20)27-19-11-5-4-6-12-19/h4-15,18H,1-3H3,(H,24,25)/t18-/m0/s1. The van der Waals surface area contributed by atoms with Gasteiger partial charge in [0.05, 0.1) is 5.69 Å². The summed E-state index contributed by atoms with van der Waals surface area (Å²) in [5.74, 6) is 0.571. The van der Waals surface area contributed by atoms with E-state index in [1.54, 1.807) is 18.7 Å². The van der Waals surface area contributed by atoms with Crippen LogP contribution in [0.3, 0.4) is 0 Å². The van der Waals surface area contributed by atoms with Crippen LogP contribution >= 0.6 is 11.8 Å². The van der Waals surface area contributed by atoms with Crippen LogP contribution in [0.5, 0.6) is 5.75 Å². The number of anilines is 1. The van der Waals surface area contributed by atoms with E-state index in [2.05, 4.69) is 17.4 Å². The lowest BCUT2D eigenvalue weighted by Crippen LogP contribution is -2.30. The van der Waals surface area contributed by atoms with E-state index in [1.807, 2.05) is 74.5 Å². The van der Waals surface area contributed by atoms with Gasteiger partial charge in [0.15, 0.2) is 6.10 Å². The minimum atomic E-state index is -0.597. The topological polar surface area (TPSA) is 38.3 Å². The van der Waals surface area contributed by atoms with Crippen molar-refractivity contribution < 1.29 is 9.53 Å². The maximum atomic E-state index is 12.7. The zero-order valence-corrected chi connectivity index (χ0v) is 16.5. The SMILES string of the molecule is Cc1cccc(O[C@@H](C)C(=O)Nc2ccccc2Sc2ccccc2)c1C. The second-order valence-electron chi connectivity index (χ2n) is 6.36. The summed E-state index contributed by atoms with van der Waals surface area (Å²) in [6.07, 6.45) is -0.597. The molecule has 1 amide bonds. The summed E-state index contributed by atoms with van der Waals surface area (Å²) in [6.45, 7) is 5.80. The number of ether oxygens (including phenoxy) is 1. The molecule has 0 aromatic heterocycles. The van der Waals surface area contributed by atoms with Gasteiger partial charge >= 0.3 is 0 Å². The van der Waals surface area contributed by atoms with Gasteiger partial charge in [-0.15, -0.1) is 0 Å². The molecule has 27 heavy (non-hydrogen) atoms. The van der Waals surface area contributed by atoms with Gasteiger partial charge in [-0.05, 0) is 62.2 Å². The van der Waals surface area contributed by atoms with E-state index in [-0.39, 0.29) is 5.91 Å². The molecule has 138 valence electrons. The van der Waals surface area contributed by atoms with Gasteiger partial charge in [0.25, 0.3) is 5.91 Å². The van der Waals surface area contributed by atoms with Gasteiger partial charge in [0.1, 0.15) is 5.75 Å². The minimum absolute atomic E-state index is 0.169. The molecule has 4 heteroatoms. The Labute approximate surface area is 164 Å². The minimum Gasteiger partial charge on any atom is -0.481 e. The maximum absolute atomic E-state index is 12.7. The number of rotatable bonds is 6. The fourth-order valence-corrected chi connectivity index (χ4v) is 3.53. The first-order chi connectivity index (χ1) is 13.0. The van der Waals surface area contributed by atoms with E-state index in [0.29, 0.717) is 0 Å². The third-order valence-electron chi connectivity index (χ3n) is 4.34. The van der Waals surface area contributed by atoms with Crippen molar-refractivity contribution in [2.45, 2.75) is 36.7 Å². The summed E-state index contributed by atoms with van der Waals surface area (Å²) >= 11 is 1.62. The number of nitrogens with one attached hydrogen (secondary N) is 1. The molecule has 3 nitrogen and oxygen atoms in total. The van der Waals surface area contributed by atoms with Crippen LogP contribution in [0, 0.1) is 13.8 Å². The van der Waals surface area contributed by atoms with Gasteiger partial charge in [-0.2, -0.15) is 0 Å². The monoisotopic (exact) mass is 377 g/mol. The summed E-state index contributed by atoms with van der Waals surface area (Å²) in [5.41, 5.74) is 2.98. The molecule has 0 radical (unpaired) electrons. The molecule has 0 unspecified atom stereocenters. The molecule has 0 aliphatic heterocycles. The first-order valence-corrected chi connectivity index (χ1v) is 9.72. The van der Waals surface area contributed by atoms with Crippen LogP contribution in [-0.2, 0) is 4.79 Å². The van der Waals surface area contributed by atoms with Gasteiger partial charge in [0.2, 0.25) is 0 Å². The van der Waals surface area contributed by atoms with Crippen LogP contribution in [0.1, 0.15) is 18.1 Å². The number of hydrogen-bond acceptors (Lipinski definition) is 3. The lowest BCUT2D eigenvalue weighted by atomic mass is 10.1. The van der Waals surface area contributed by atoms with Crippen molar-refractivity contribution in [1.82, 2.24) is 0 Å². The molecule has 0 fully saturated rings. The summed E-state index contributed by atoms with van der Waals surface area (Å²) < 4.78 is 5.90. The molecule has 3 aromatic carbocycles. The van der Waals surface area contributed by atoms with Gasteiger partial charge < -0.3 is 10.1 Å². The van der Waals surface area contributed by atoms with E-state index in [4.69, 9.17) is 4.74 Å². The first-order valence-electron chi connectivity index (χ1n) is 8.90. The van der Waals surface area contributed by atoms with E-state index in [9.17, 15) is 4.79 Å². The normalized spacial score (nSPS) is 11.7. The molecule has 0 aliphatic rings. The van der Waals surface area contributed by atoms with Gasteiger partial charge in [-0.1, -0.05) is 54.2 Å². The molecule has 0 bridgehead atoms. The van der Waals surface area contributed by atoms with E-state index < -0.39 is 6.10 Å². The zero-order chi connectivity index (χ0) is 19.2. The predicted octanol–water partition coefficient (Wildman–Crippen LogP) is 5.86. The quantitative estimate of drug-likeness (QED) is 0.585. The molecule has 3 aromatic rings. The highest BCUT2D eigenvalue weighted by Gasteiger charge is 2.17. The fraction of sp³-hybridized carbons (Fsp3) is 0.174. The predicted molar refractivity (Wildman–Crippen MR) is 112 cm³/mol. The average Bonchev–Trinajstić information content (AvgIpc) is 2.67. The Bertz CT molecular complexity index is 925. The third-order valence-corrected chi connectivity index (χ3v) is 5.43. The largest absolute Gasteiger partial charge is 0.481 e. The fourth-order valence-electron chi connectivity index (χ4n) is 2.60.